The summed E-state index contributed by atoms with van der Waals surface area (Å²) in [6, 6.07) is 0. The van der Waals surface area contributed by atoms with Crippen LogP contribution in [-0.4, -0.2) is 118 Å². The molecule has 0 radical (unpaired) electrons. The van der Waals surface area contributed by atoms with Crippen LogP contribution < -0.4 is 0 Å². The maximum Gasteiger partial charge on any atom is 0.303 e. The fraction of sp³-hybridized carbons (Fsp3) is 0.769. The van der Waals surface area contributed by atoms with Crippen molar-refractivity contribution < 1.29 is 66.9 Å². The quantitative estimate of drug-likeness (QED) is 0.238. The monoisotopic (exact) mass is 615 g/mol. The van der Waals surface area contributed by atoms with Crippen molar-refractivity contribution in [3.63, 3.8) is 0 Å². The van der Waals surface area contributed by atoms with Gasteiger partial charge in [-0.05, 0) is 13.8 Å². The molecule has 3 fully saturated rings. The minimum Gasteiger partial charge on any atom is -0.463 e. The van der Waals surface area contributed by atoms with Gasteiger partial charge in [0.15, 0.2) is 36.7 Å². The zero-order valence-corrected chi connectivity index (χ0v) is 24.7. The van der Waals surface area contributed by atoms with E-state index in [1.165, 1.54) is 11.6 Å². The molecule has 0 bridgehead atoms. The Labute approximate surface area is 246 Å². The molecule has 17 heteroatoms. The molecule has 9 atom stereocenters. The first-order valence-electron chi connectivity index (χ1n) is 13.7. The Morgan fingerprint density at radius 1 is 0.907 bits per heavy atom. The summed E-state index contributed by atoms with van der Waals surface area (Å²) in [7, 11) is 0. The van der Waals surface area contributed by atoms with Crippen molar-refractivity contribution in [2.75, 3.05) is 13.2 Å². The van der Waals surface area contributed by atoms with Gasteiger partial charge in [-0.25, -0.2) is 4.68 Å². The fourth-order valence-electron chi connectivity index (χ4n) is 5.04. The van der Waals surface area contributed by atoms with Gasteiger partial charge in [0.1, 0.15) is 31.0 Å². The number of nitrogens with zero attached hydrogens (tertiary/aromatic N) is 3. The third-order valence-corrected chi connectivity index (χ3v) is 6.66. The van der Waals surface area contributed by atoms with Crippen LogP contribution >= 0.6 is 0 Å². The average Bonchev–Trinajstić information content (AvgIpc) is 3.54. The van der Waals surface area contributed by atoms with Crippen LogP contribution in [0.5, 0.6) is 0 Å². The predicted octanol–water partition coefficient (Wildman–Crippen LogP) is -0.842. The molecule has 3 saturated heterocycles. The van der Waals surface area contributed by atoms with Gasteiger partial charge in [0.05, 0.1) is 18.8 Å². The first-order valence-corrected chi connectivity index (χ1v) is 13.7. The van der Waals surface area contributed by atoms with Gasteiger partial charge in [0.25, 0.3) is 0 Å². The van der Waals surface area contributed by atoms with E-state index in [1.807, 2.05) is 0 Å². The van der Waals surface area contributed by atoms with E-state index in [0.717, 1.165) is 20.8 Å². The second-order valence-electron chi connectivity index (χ2n) is 10.8. The minimum absolute atomic E-state index is 0.0180. The highest BCUT2D eigenvalue weighted by Gasteiger charge is 2.55. The van der Waals surface area contributed by atoms with Crippen LogP contribution in [0, 0.1) is 0 Å². The largest absolute Gasteiger partial charge is 0.463 e. The molecule has 1 aromatic heterocycles. The topological polar surface area (TPSA) is 202 Å². The fourth-order valence-corrected chi connectivity index (χ4v) is 5.04. The number of aromatic nitrogens is 3. The number of ether oxygens (including phenoxy) is 9. The Bertz CT molecular complexity index is 1170. The highest BCUT2D eigenvalue weighted by atomic mass is 16.8. The van der Waals surface area contributed by atoms with Crippen molar-refractivity contribution in [2.45, 2.75) is 116 Å². The van der Waals surface area contributed by atoms with Crippen molar-refractivity contribution in [3.8, 4) is 0 Å². The van der Waals surface area contributed by atoms with Crippen molar-refractivity contribution >= 4 is 23.9 Å². The molecule has 0 aromatic carbocycles. The summed E-state index contributed by atoms with van der Waals surface area (Å²) in [5.41, 5.74) is 0.520. The van der Waals surface area contributed by atoms with E-state index < -0.39 is 85.0 Å². The molecule has 0 unspecified atom stereocenters. The van der Waals surface area contributed by atoms with Crippen molar-refractivity contribution in [1.29, 1.82) is 0 Å². The first kappa shape index (κ1) is 32.7. The van der Waals surface area contributed by atoms with E-state index in [4.69, 9.17) is 42.6 Å². The van der Waals surface area contributed by atoms with Gasteiger partial charge in [0, 0.05) is 40.3 Å². The van der Waals surface area contributed by atoms with E-state index in [2.05, 4.69) is 10.3 Å². The van der Waals surface area contributed by atoms with Crippen LogP contribution in [0.2, 0.25) is 0 Å². The number of aliphatic hydroxyl groups is 1. The smallest absolute Gasteiger partial charge is 0.303 e. The Kier molecular flexibility index (Phi) is 10.3. The van der Waals surface area contributed by atoms with Crippen molar-refractivity contribution in [2.24, 2.45) is 0 Å². The molecular formula is C26H37N3O14. The van der Waals surface area contributed by atoms with Crippen molar-refractivity contribution in [3.05, 3.63) is 11.9 Å². The molecule has 1 N–H and O–H groups in total. The third kappa shape index (κ3) is 8.45. The number of hydrogen-bond acceptors (Lipinski definition) is 16. The molecule has 43 heavy (non-hydrogen) atoms. The molecule has 0 amide bonds. The second-order valence-corrected chi connectivity index (χ2v) is 10.8. The van der Waals surface area contributed by atoms with Gasteiger partial charge in [0.2, 0.25) is 0 Å². The van der Waals surface area contributed by atoms with Crippen LogP contribution in [-0.2, 0) is 74.8 Å². The van der Waals surface area contributed by atoms with Crippen LogP contribution in [0.3, 0.4) is 0 Å². The lowest BCUT2D eigenvalue weighted by Gasteiger charge is -2.44. The van der Waals surface area contributed by atoms with E-state index in [-0.39, 0.29) is 26.2 Å². The Morgan fingerprint density at radius 3 is 2.19 bits per heavy atom. The molecule has 0 spiro atoms. The lowest BCUT2D eigenvalue weighted by atomic mass is 9.98. The molecule has 3 aliphatic rings. The maximum atomic E-state index is 12.0. The summed E-state index contributed by atoms with van der Waals surface area (Å²) in [6.07, 6.45) is -7.34. The van der Waals surface area contributed by atoms with E-state index in [9.17, 15) is 24.3 Å². The van der Waals surface area contributed by atoms with Gasteiger partial charge >= 0.3 is 23.9 Å². The molecule has 4 rings (SSSR count). The SMILES string of the molecule is CC(=O)OC[C@H]1O[C@@H](OCCc2cn(C[C@H]3O[C@@H]4OC(C)(C)O[C@@H]4[C@H]3O)nn2)[C@H](OC(C)=O)[C@@H](OC(C)=O)[C@@H]1OC(C)=O. The number of esters is 4. The summed E-state index contributed by atoms with van der Waals surface area (Å²) in [5, 5.41) is 18.8. The Hall–Kier alpha value is -3.22. The summed E-state index contributed by atoms with van der Waals surface area (Å²) < 4.78 is 51.7. The van der Waals surface area contributed by atoms with E-state index >= 15 is 0 Å². The summed E-state index contributed by atoms with van der Waals surface area (Å²) in [6.45, 7) is 7.88. The number of aliphatic hydroxyl groups excluding tert-OH is 1. The normalized spacial score (nSPS) is 33.0. The summed E-state index contributed by atoms with van der Waals surface area (Å²) in [5.74, 6) is -3.69. The number of fused-ring (bicyclic) bond motifs is 1. The Balaban J connectivity index is 1.40. The predicted molar refractivity (Wildman–Crippen MR) is 136 cm³/mol. The molecule has 0 aliphatic carbocycles. The highest BCUT2D eigenvalue weighted by Crippen LogP contribution is 2.37. The van der Waals surface area contributed by atoms with Gasteiger partial charge in [-0.1, -0.05) is 5.21 Å². The van der Waals surface area contributed by atoms with Crippen molar-refractivity contribution in [1.82, 2.24) is 15.0 Å². The molecule has 0 saturated carbocycles. The van der Waals surface area contributed by atoms with Gasteiger partial charge in [-0.2, -0.15) is 0 Å². The molecular weight excluding hydrogens is 578 g/mol. The lowest BCUT2D eigenvalue weighted by Crippen LogP contribution is -2.63. The number of carbonyl (C=O) groups excluding carboxylic acids is 4. The van der Waals surface area contributed by atoms with Crippen LogP contribution in [0.4, 0.5) is 0 Å². The van der Waals surface area contributed by atoms with Crippen LogP contribution in [0.25, 0.3) is 0 Å². The van der Waals surface area contributed by atoms with Crippen LogP contribution in [0.1, 0.15) is 47.2 Å². The maximum absolute atomic E-state index is 12.0. The summed E-state index contributed by atoms with van der Waals surface area (Å²) in [4.78, 5) is 47.3. The number of hydrogen-bond donors (Lipinski definition) is 1. The molecule has 1 aromatic rings. The Morgan fingerprint density at radius 2 is 1.56 bits per heavy atom. The molecule has 17 nitrogen and oxygen atoms in total. The lowest BCUT2D eigenvalue weighted by molar-refractivity contribution is -0.307. The third-order valence-electron chi connectivity index (χ3n) is 6.66. The minimum atomic E-state index is -1.33. The van der Waals surface area contributed by atoms with E-state index in [1.54, 1.807) is 20.0 Å². The molecule has 3 aliphatic heterocycles. The van der Waals surface area contributed by atoms with Gasteiger partial charge < -0.3 is 47.7 Å². The number of rotatable bonds is 11. The molecule has 4 heterocycles. The van der Waals surface area contributed by atoms with E-state index in [0.29, 0.717) is 5.69 Å². The van der Waals surface area contributed by atoms with Gasteiger partial charge in [-0.3, -0.25) is 19.2 Å². The number of carbonyl (C=O) groups is 4. The van der Waals surface area contributed by atoms with Gasteiger partial charge in [-0.15, -0.1) is 5.10 Å². The van der Waals surface area contributed by atoms with Crippen LogP contribution in [0.15, 0.2) is 6.20 Å². The zero-order valence-electron chi connectivity index (χ0n) is 24.7. The molecule has 240 valence electrons. The zero-order chi connectivity index (χ0) is 31.5. The standard InChI is InChI=1S/C26H37N3O14/c1-12(30)36-11-18-20(37-13(2)31)22(38-14(3)32)23(39-15(4)33)24(41-18)35-8-7-16-9-29(28-27-16)10-17-19(34)21-25(40-17)43-26(5,6)42-21/h9,17-25,34H,7-8,10-11H2,1-6H3/t17-,18-,19+,20-,21-,22+,23-,24-,25-/m1/s1. The average molecular weight is 616 g/mol. The highest BCUT2D eigenvalue weighted by molar-refractivity contribution is 5.68. The second kappa shape index (κ2) is 13.6. The summed E-state index contributed by atoms with van der Waals surface area (Å²) >= 11 is 0. The first-order chi connectivity index (χ1) is 20.2.